The second-order valence-corrected chi connectivity index (χ2v) is 23.8. The van der Waals surface area contributed by atoms with Crippen LogP contribution in [0, 0.1) is 11.8 Å². The third-order valence-corrected chi connectivity index (χ3v) is 17.6. The van der Waals surface area contributed by atoms with Crippen LogP contribution in [0.25, 0.3) is 0 Å². The Kier molecular flexibility index (Phi) is 13.3. The molecule has 0 aliphatic rings. The molecule has 0 aromatic carbocycles. The Bertz CT molecular complexity index is 378. The molecular formula is C22H53NO2Si3. The summed E-state index contributed by atoms with van der Waals surface area (Å²) < 4.78 is 15.3. The van der Waals surface area contributed by atoms with Crippen LogP contribution in [0.1, 0.15) is 48.5 Å². The van der Waals surface area contributed by atoms with E-state index in [1.165, 1.54) is 43.3 Å². The van der Waals surface area contributed by atoms with E-state index in [4.69, 9.17) is 8.85 Å². The minimum Gasteiger partial charge on any atom is -0.418 e. The smallest absolute Gasteiger partial charge is 0.187 e. The Labute approximate surface area is 181 Å². The van der Waals surface area contributed by atoms with E-state index in [0.29, 0.717) is 11.8 Å². The van der Waals surface area contributed by atoms with Gasteiger partial charge in [-0.3, -0.25) is 0 Å². The van der Waals surface area contributed by atoms with Crippen LogP contribution in [0.5, 0.6) is 0 Å². The Morgan fingerprint density at radius 3 is 1.21 bits per heavy atom. The van der Waals surface area contributed by atoms with Crippen molar-refractivity contribution < 1.29 is 8.85 Å². The molecule has 0 saturated heterocycles. The molecule has 0 bridgehead atoms. The highest BCUT2D eigenvalue weighted by Crippen LogP contribution is 2.30. The molecule has 0 aromatic heterocycles. The van der Waals surface area contributed by atoms with Gasteiger partial charge in [0.25, 0.3) is 0 Å². The Morgan fingerprint density at radius 2 is 0.964 bits per heavy atom. The van der Waals surface area contributed by atoms with Gasteiger partial charge in [-0.25, -0.2) is 0 Å². The molecule has 3 nitrogen and oxygen atoms in total. The lowest BCUT2D eigenvalue weighted by Gasteiger charge is -2.44. The van der Waals surface area contributed by atoms with Crippen molar-refractivity contribution >= 4 is 24.9 Å². The average molecular weight is 448 g/mol. The van der Waals surface area contributed by atoms with Gasteiger partial charge in [0, 0.05) is 13.2 Å². The van der Waals surface area contributed by atoms with E-state index in [0.717, 1.165) is 13.2 Å². The Morgan fingerprint density at radius 1 is 0.643 bits per heavy atom. The Balaban J connectivity index is 5.32. The Hall–Kier alpha value is 0.531. The third-order valence-electron chi connectivity index (χ3n) is 6.46. The SMILES string of the molecule is CCO[Si](C)(C)CC(C)CN(CC(C)C[Si](C)(C)OCC)[Si](CC)(CC)CC. The summed E-state index contributed by atoms with van der Waals surface area (Å²) in [7, 11) is -4.45. The molecular weight excluding hydrogens is 395 g/mol. The fourth-order valence-corrected chi connectivity index (χ4v) is 15.0. The van der Waals surface area contributed by atoms with Crippen LogP contribution < -0.4 is 0 Å². The highest BCUT2D eigenvalue weighted by Gasteiger charge is 2.37. The van der Waals surface area contributed by atoms with Gasteiger partial charge in [-0.15, -0.1) is 0 Å². The van der Waals surface area contributed by atoms with Gasteiger partial charge in [-0.1, -0.05) is 34.6 Å². The number of nitrogens with zero attached hydrogens (tertiary/aromatic N) is 1. The van der Waals surface area contributed by atoms with Crippen LogP contribution in [-0.4, -0.2) is 55.7 Å². The van der Waals surface area contributed by atoms with Crippen molar-refractivity contribution in [2.45, 2.75) is 105 Å². The number of hydrogen-bond acceptors (Lipinski definition) is 3. The molecule has 0 aliphatic carbocycles. The van der Waals surface area contributed by atoms with Gasteiger partial charge in [0.1, 0.15) is 8.24 Å². The van der Waals surface area contributed by atoms with Crippen molar-refractivity contribution in [2.75, 3.05) is 26.3 Å². The van der Waals surface area contributed by atoms with E-state index in [1.54, 1.807) is 0 Å². The summed E-state index contributed by atoms with van der Waals surface area (Å²) in [4.78, 5) is 0. The normalized spacial score (nSPS) is 15.9. The summed E-state index contributed by atoms with van der Waals surface area (Å²) in [6, 6.07) is 6.66. The molecule has 0 rings (SSSR count). The molecule has 0 saturated carbocycles. The molecule has 2 unspecified atom stereocenters. The lowest BCUT2D eigenvalue weighted by atomic mass is 10.2. The first-order valence-electron chi connectivity index (χ1n) is 11.9. The predicted octanol–water partition coefficient (Wildman–Crippen LogP) is 7.05. The van der Waals surface area contributed by atoms with E-state index in [1.807, 2.05) is 0 Å². The molecule has 0 N–H and O–H groups in total. The monoisotopic (exact) mass is 447 g/mol. The highest BCUT2D eigenvalue weighted by atomic mass is 28.4. The summed E-state index contributed by atoms with van der Waals surface area (Å²) >= 11 is 0. The van der Waals surface area contributed by atoms with Crippen LogP contribution in [0.15, 0.2) is 0 Å². The van der Waals surface area contributed by atoms with E-state index < -0.39 is 24.9 Å². The minimum atomic E-state index is -1.54. The van der Waals surface area contributed by atoms with Crippen molar-refractivity contribution in [1.82, 2.24) is 4.57 Å². The maximum Gasteiger partial charge on any atom is 0.187 e. The second kappa shape index (κ2) is 13.1. The van der Waals surface area contributed by atoms with Crippen molar-refractivity contribution in [3.8, 4) is 0 Å². The maximum absolute atomic E-state index is 6.14. The maximum atomic E-state index is 6.14. The quantitative estimate of drug-likeness (QED) is 0.237. The molecule has 28 heavy (non-hydrogen) atoms. The largest absolute Gasteiger partial charge is 0.418 e. The van der Waals surface area contributed by atoms with Crippen LogP contribution in [0.2, 0.25) is 56.4 Å². The van der Waals surface area contributed by atoms with E-state index in [-0.39, 0.29) is 0 Å². The van der Waals surface area contributed by atoms with Crippen molar-refractivity contribution in [1.29, 1.82) is 0 Å². The standard InChI is InChI=1S/C22H53NO2Si3/c1-12-24-26(8,9)19-21(6)17-23(28(14-3,15-4)16-5)18-22(7)20-27(10,11)25-13-2/h21-22H,12-20H2,1-11H3. The van der Waals surface area contributed by atoms with Crippen molar-refractivity contribution in [3.05, 3.63) is 0 Å². The molecule has 170 valence electrons. The fourth-order valence-electron chi connectivity index (χ4n) is 5.34. The first kappa shape index (κ1) is 28.5. The molecule has 0 fully saturated rings. The molecule has 2 atom stereocenters. The summed E-state index contributed by atoms with van der Waals surface area (Å²) in [5.74, 6) is 1.43. The van der Waals surface area contributed by atoms with Gasteiger partial charge in [0.05, 0.1) is 0 Å². The molecule has 6 heteroatoms. The first-order valence-corrected chi connectivity index (χ1v) is 20.7. The molecule has 0 aliphatic heterocycles. The summed E-state index contributed by atoms with van der Waals surface area (Å²) in [6.07, 6.45) is 0. The zero-order valence-electron chi connectivity index (χ0n) is 21.3. The van der Waals surface area contributed by atoms with Gasteiger partial charge in [0.2, 0.25) is 0 Å². The topological polar surface area (TPSA) is 21.7 Å². The highest BCUT2D eigenvalue weighted by molar-refractivity contribution is 6.77. The van der Waals surface area contributed by atoms with Crippen molar-refractivity contribution in [3.63, 3.8) is 0 Å². The fraction of sp³-hybridized carbons (Fsp3) is 1.00. The number of hydrogen-bond donors (Lipinski definition) is 0. The summed E-state index contributed by atoms with van der Waals surface area (Å²) in [6.45, 7) is 30.3. The molecule has 0 radical (unpaired) electrons. The van der Waals surface area contributed by atoms with Crippen LogP contribution >= 0.6 is 0 Å². The van der Waals surface area contributed by atoms with E-state index in [2.05, 4.69) is 79.2 Å². The van der Waals surface area contributed by atoms with Gasteiger partial charge >= 0.3 is 0 Å². The second-order valence-electron chi connectivity index (χ2n) is 10.2. The van der Waals surface area contributed by atoms with Gasteiger partial charge in [0.15, 0.2) is 16.6 Å². The van der Waals surface area contributed by atoms with Crippen molar-refractivity contribution in [2.24, 2.45) is 11.8 Å². The first-order chi connectivity index (χ1) is 12.9. The van der Waals surface area contributed by atoms with Crippen LogP contribution in [0.3, 0.4) is 0 Å². The van der Waals surface area contributed by atoms with E-state index >= 15 is 0 Å². The van der Waals surface area contributed by atoms with Gasteiger partial charge in [-0.05, 0) is 95.2 Å². The predicted molar refractivity (Wildman–Crippen MR) is 135 cm³/mol. The zero-order valence-corrected chi connectivity index (χ0v) is 24.3. The van der Waals surface area contributed by atoms with Crippen LogP contribution in [-0.2, 0) is 8.85 Å². The lowest BCUT2D eigenvalue weighted by Crippen LogP contribution is -2.55. The zero-order chi connectivity index (χ0) is 22.0. The summed E-state index contributed by atoms with van der Waals surface area (Å²) in [5, 5.41) is 0. The van der Waals surface area contributed by atoms with E-state index in [9.17, 15) is 0 Å². The van der Waals surface area contributed by atoms with Crippen LogP contribution in [0.4, 0.5) is 0 Å². The lowest BCUT2D eigenvalue weighted by molar-refractivity contribution is 0.289. The molecule has 0 amide bonds. The van der Waals surface area contributed by atoms with Gasteiger partial charge in [-0.2, -0.15) is 0 Å². The average Bonchev–Trinajstić information content (AvgIpc) is 2.55. The molecule has 0 spiro atoms. The van der Waals surface area contributed by atoms with Gasteiger partial charge < -0.3 is 13.4 Å². The number of rotatable bonds is 16. The minimum absolute atomic E-state index is 0.717. The third kappa shape index (κ3) is 10.0. The molecule has 0 aromatic rings. The molecule has 0 heterocycles. The summed E-state index contributed by atoms with van der Waals surface area (Å²) in [5.41, 5.74) is 0.